The molecular weight excluding hydrogens is 484 g/mol. The van der Waals surface area contributed by atoms with Gasteiger partial charge < -0.3 is 19.7 Å². The number of aromatic nitrogens is 3. The topological polar surface area (TPSA) is 162 Å². The molecule has 0 aliphatic rings. The number of fused-ring (bicyclic) bond motifs is 2. The lowest BCUT2D eigenvalue weighted by Gasteiger charge is -2.02. The van der Waals surface area contributed by atoms with Crippen molar-refractivity contribution in [2.45, 2.75) is 0 Å². The quantitative estimate of drug-likeness (QED) is 0.166. The number of hydrogen-bond acceptors (Lipinski definition) is 12. The summed E-state index contributed by atoms with van der Waals surface area (Å²) < 4.78 is 38.2. The van der Waals surface area contributed by atoms with Gasteiger partial charge in [0.1, 0.15) is 17.0 Å². The second-order valence-corrected chi connectivity index (χ2v) is 8.73. The molecule has 0 saturated carbocycles. The van der Waals surface area contributed by atoms with Crippen LogP contribution in [0.3, 0.4) is 0 Å². The van der Waals surface area contributed by atoms with Crippen LogP contribution in [0, 0.1) is 0 Å². The molecule has 0 fully saturated rings. The van der Waals surface area contributed by atoms with Crippen molar-refractivity contribution >= 4 is 59.8 Å². The SMILES string of the molecule is COS(=O)(=O)[O-].COc1ccc2nc3sc(/N=N/c4ccc(NCCO)cc4)[n+](C)c3nc2c1. The van der Waals surface area contributed by atoms with Crippen molar-refractivity contribution in [2.75, 3.05) is 32.7 Å². The maximum absolute atomic E-state index is 9.22. The predicted octanol–water partition coefficient (Wildman–Crippen LogP) is 2.59. The zero-order valence-electron chi connectivity index (χ0n) is 18.5. The molecule has 2 aromatic carbocycles. The summed E-state index contributed by atoms with van der Waals surface area (Å²) in [6.45, 7) is 0.604. The summed E-state index contributed by atoms with van der Waals surface area (Å²) in [6.07, 6.45) is 0. The number of rotatable bonds is 7. The molecule has 0 atom stereocenters. The third-order valence-corrected chi connectivity index (χ3v) is 5.79. The van der Waals surface area contributed by atoms with Crippen molar-refractivity contribution in [3.8, 4) is 5.75 Å². The molecule has 0 amide bonds. The van der Waals surface area contributed by atoms with Crippen molar-refractivity contribution in [1.29, 1.82) is 0 Å². The summed E-state index contributed by atoms with van der Waals surface area (Å²) in [5.74, 6) is 0.746. The minimum atomic E-state index is -4.41. The molecule has 2 aromatic heterocycles. The van der Waals surface area contributed by atoms with Crippen molar-refractivity contribution in [3.63, 3.8) is 0 Å². The highest BCUT2D eigenvalue weighted by atomic mass is 32.3. The van der Waals surface area contributed by atoms with Gasteiger partial charge in [-0.15, -0.1) is 0 Å². The van der Waals surface area contributed by atoms with Crippen molar-refractivity contribution in [2.24, 2.45) is 17.3 Å². The van der Waals surface area contributed by atoms with E-state index in [-0.39, 0.29) is 6.61 Å². The Labute approximate surface area is 199 Å². The summed E-state index contributed by atoms with van der Waals surface area (Å²) in [5, 5.41) is 21.3. The number of methoxy groups -OCH3 is 1. The molecule has 34 heavy (non-hydrogen) atoms. The number of azo groups is 1. The average molecular weight is 507 g/mol. The Balaban J connectivity index is 0.000000481. The molecule has 14 heteroatoms. The van der Waals surface area contributed by atoms with Crippen molar-refractivity contribution < 1.29 is 31.6 Å². The van der Waals surface area contributed by atoms with Crippen molar-refractivity contribution in [3.05, 3.63) is 42.5 Å². The first-order valence-corrected chi connectivity index (χ1v) is 11.9. The highest BCUT2D eigenvalue weighted by Crippen LogP contribution is 2.28. The molecule has 0 bridgehead atoms. The molecule has 0 unspecified atom stereocenters. The van der Waals surface area contributed by atoms with Crippen molar-refractivity contribution in [1.82, 2.24) is 9.97 Å². The van der Waals surface area contributed by atoms with Gasteiger partial charge in [-0.1, -0.05) is 10.1 Å². The van der Waals surface area contributed by atoms with Crippen LogP contribution in [0.1, 0.15) is 0 Å². The number of aliphatic hydroxyl groups is 1. The fourth-order valence-electron chi connectivity index (χ4n) is 2.70. The number of ether oxygens (including phenoxy) is 1. The van der Waals surface area contributed by atoms with Crippen LogP contribution in [-0.2, 0) is 21.6 Å². The van der Waals surface area contributed by atoms with E-state index in [1.165, 1.54) is 11.3 Å². The number of thiazole rings is 1. The fourth-order valence-corrected chi connectivity index (χ4v) is 3.60. The predicted molar refractivity (Wildman–Crippen MR) is 126 cm³/mol. The smallest absolute Gasteiger partial charge is 0.347 e. The third-order valence-electron chi connectivity index (χ3n) is 4.38. The zero-order valence-corrected chi connectivity index (χ0v) is 20.1. The molecule has 0 aliphatic heterocycles. The maximum atomic E-state index is 9.22. The van der Waals surface area contributed by atoms with Crippen LogP contribution in [0.2, 0.25) is 0 Å². The minimum absolute atomic E-state index is 0.0910. The summed E-state index contributed by atoms with van der Waals surface area (Å²) >= 11 is 1.44. The minimum Gasteiger partial charge on any atom is -0.726 e. The molecule has 0 radical (unpaired) electrons. The summed E-state index contributed by atoms with van der Waals surface area (Å²) in [5.41, 5.74) is 4.00. The Hall–Kier alpha value is -3.30. The lowest BCUT2D eigenvalue weighted by molar-refractivity contribution is -0.629. The Morgan fingerprint density at radius 2 is 1.82 bits per heavy atom. The van der Waals surface area contributed by atoms with Gasteiger partial charge in [-0.3, -0.25) is 4.18 Å². The van der Waals surface area contributed by atoms with E-state index in [0.717, 1.165) is 45.7 Å². The number of benzene rings is 2. The van der Waals surface area contributed by atoms with Gasteiger partial charge in [-0.05, 0) is 47.7 Å². The molecule has 0 saturated heterocycles. The van der Waals surface area contributed by atoms with Crippen LogP contribution in [-0.4, -0.2) is 55.4 Å². The van der Waals surface area contributed by atoms with Gasteiger partial charge in [0.25, 0.3) is 0 Å². The van der Waals surface area contributed by atoms with Gasteiger partial charge in [0.05, 0.1) is 27.9 Å². The van der Waals surface area contributed by atoms with Crippen LogP contribution in [0.15, 0.2) is 52.7 Å². The van der Waals surface area contributed by atoms with Crippen LogP contribution < -0.4 is 14.6 Å². The van der Waals surface area contributed by atoms with Gasteiger partial charge in [0, 0.05) is 23.4 Å². The third kappa shape index (κ3) is 6.61. The van der Waals surface area contributed by atoms with Gasteiger partial charge in [0.2, 0.25) is 10.4 Å². The Kier molecular flexibility index (Phi) is 8.36. The molecule has 2 N–H and O–H groups in total. The van der Waals surface area contributed by atoms with Gasteiger partial charge >= 0.3 is 10.8 Å². The Morgan fingerprint density at radius 1 is 1.12 bits per heavy atom. The standard InChI is InChI=1S/C19H18N6O2S.CH4O4S/c1-25-17-18(22-15-8-7-14(27-2)11-16(15)21-17)28-19(25)24-23-13-5-3-12(4-6-13)20-9-10-26;1-5-6(2,3)4/h3-8,11,26H,9-10H2,1-2H3;1H3,(H,2,3,4). The van der Waals surface area contributed by atoms with Crippen LogP contribution in [0.25, 0.3) is 21.5 Å². The van der Waals surface area contributed by atoms with E-state index >= 15 is 0 Å². The largest absolute Gasteiger partial charge is 0.726 e. The fraction of sp³-hybridized carbons (Fsp3) is 0.250. The maximum Gasteiger partial charge on any atom is 0.347 e. The van der Waals surface area contributed by atoms with E-state index in [0.29, 0.717) is 11.7 Å². The first-order valence-electron chi connectivity index (χ1n) is 9.76. The first-order chi connectivity index (χ1) is 16.2. The molecule has 0 aliphatic carbocycles. The second kappa shape index (κ2) is 11.2. The number of anilines is 1. The Morgan fingerprint density at radius 3 is 2.44 bits per heavy atom. The molecule has 2 heterocycles. The Bertz CT molecular complexity index is 1410. The van der Waals surface area contributed by atoms with Gasteiger partial charge in [0.15, 0.2) is 10.3 Å². The normalized spacial score (nSPS) is 11.6. The number of nitrogens with zero attached hydrogens (tertiary/aromatic N) is 5. The highest BCUT2D eigenvalue weighted by molar-refractivity contribution is 7.80. The van der Waals surface area contributed by atoms with E-state index in [4.69, 9.17) is 14.8 Å². The molecule has 180 valence electrons. The average Bonchev–Trinajstić information content (AvgIpc) is 3.14. The number of aliphatic hydroxyl groups excluding tert-OH is 1. The van der Waals surface area contributed by atoms with E-state index < -0.39 is 10.4 Å². The summed E-state index contributed by atoms with van der Waals surface area (Å²) in [7, 11) is -0.0752. The highest BCUT2D eigenvalue weighted by Gasteiger charge is 2.19. The molecule has 4 rings (SSSR count). The van der Waals surface area contributed by atoms with E-state index in [2.05, 4.69) is 24.7 Å². The van der Waals surface area contributed by atoms with Crippen LogP contribution >= 0.6 is 11.3 Å². The summed E-state index contributed by atoms with van der Waals surface area (Å²) in [6, 6.07) is 13.2. The second-order valence-electron chi connectivity index (χ2n) is 6.62. The number of nitrogens with one attached hydrogen (secondary N) is 1. The monoisotopic (exact) mass is 506 g/mol. The zero-order chi connectivity index (χ0) is 24.7. The lowest BCUT2D eigenvalue weighted by atomic mass is 10.3. The number of aryl methyl sites for hydroxylation is 1. The summed E-state index contributed by atoms with van der Waals surface area (Å²) in [4.78, 5) is 10.2. The van der Waals surface area contributed by atoms with E-state index in [1.54, 1.807) is 7.11 Å². The molecule has 4 aromatic rings. The molecule has 0 spiro atoms. The van der Waals surface area contributed by atoms with Crippen LogP contribution in [0.4, 0.5) is 16.5 Å². The van der Waals surface area contributed by atoms with E-state index in [1.807, 2.05) is 54.1 Å². The lowest BCUT2D eigenvalue weighted by Crippen LogP contribution is -2.26. The number of hydrogen-bond donors (Lipinski definition) is 2. The van der Waals surface area contributed by atoms with Gasteiger partial charge in [-0.2, -0.15) is 0 Å². The molecule has 12 nitrogen and oxygen atoms in total. The van der Waals surface area contributed by atoms with Gasteiger partial charge in [-0.25, -0.2) is 18.0 Å². The first kappa shape index (κ1) is 25.3. The molecular formula is C20H22N6O6S2. The van der Waals surface area contributed by atoms with E-state index in [9.17, 15) is 13.0 Å². The van der Waals surface area contributed by atoms with Crippen LogP contribution in [0.5, 0.6) is 5.75 Å².